The summed E-state index contributed by atoms with van der Waals surface area (Å²) in [7, 11) is -7.00. The fourth-order valence-electron chi connectivity index (χ4n) is 2.31. The molecule has 1 fully saturated rings. The summed E-state index contributed by atoms with van der Waals surface area (Å²) in [6.45, 7) is 1.86. The first kappa shape index (κ1) is 15.7. The van der Waals surface area contributed by atoms with Gasteiger partial charge in [-0.3, -0.25) is 4.98 Å². The summed E-state index contributed by atoms with van der Waals surface area (Å²) in [5.74, 6) is -0.123. The maximum Gasteiger partial charge on any atom is 0.246 e. The van der Waals surface area contributed by atoms with E-state index in [-0.39, 0.29) is 28.0 Å². The second-order valence-corrected chi connectivity index (χ2v) is 9.07. The second-order valence-electron chi connectivity index (χ2n) is 4.57. The van der Waals surface area contributed by atoms with Gasteiger partial charge in [0.25, 0.3) is 0 Å². The van der Waals surface area contributed by atoms with Crippen molar-refractivity contribution >= 4 is 31.5 Å². The predicted molar refractivity (Wildman–Crippen MR) is 75.9 cm³/mol. The molecule has 0 bridgehead atoms. The Bertz CT molecular complexity index is 703. The van der Waals surface area contributed by atoms with Crippen LogP contribution in [0.1, 0.15) is 13.3 Å². The zero-order valence-electron chi connectivity index (χ0n) is 10.9. The minimum atomic E-state index is -3.84. The lowest BCUT2D eigenvalue weighted by Crippen LogP contribution is -2.41. The Morgan fingerprint density at radius 2 is 2.20 bits per heavy atom. The number of sulfone groups is 1. The first-order valence-corrected chi connectivity index (χ1v) is 9.73. The van der Waals surface area contributed by atoms with Gasteiger partial charge in [-0.1, -0.05) is 18.5 Å². The van der Waals surface area contributed by atoms with Crippen LogP contribution in [0.25, 0.3) is 0 Å². The van der Waals surface area contributed by atoms with Crippen LogP contribution in [-0.4, -0.2) is 50.2 Å². The highest BCUT2D eigenvalue weighted by Gasteiger charge is 2.38. The van der Waals surface area contributed by atoms with E-state index >= 15 is 0 Å². The van der Waals surface area contributed by atoms with Crippen molar-refractivity contribution in [3.05, 3.63) is 23.5 Å². The van der Waals surface area contributed by atoms with Crippen LogP contribution >= 0.6 is 11.6 Å². The molecular weight excluding hydrogens is 324 g/mol. The largest absolute Gasteiger partial charge is 0.263 e. The molecule has 1 unspecified atom stereocenters. The monoisotopic (exact) mass is 338 g/mol. The predicted octanol–water partition coefficient (Wildman–Crippen LogP) is 0.933. The van der Waals surface area contributed by atoms with Gasteiger partial charge >= 0.3 is 0 Å². The minimum absolute atomic E-state index is 0.0183. The van der Waals surface area contributed by atoms with Crippen molar-refractivity contribution in [1.82, 2.24) is 9.29 Å². The van der Waals surface area contributed by atoms with E-state index in [1.54, 1.807) is 6.92 Å². The van der Waals surface area contributed by atoms with Crippen LogP contribution in [0.2, 0.25) is 5.02 Å². The van der Waals surface area contributed by atoms with E-state index in [1.807, 2.05) is 0 Å². The highest BCUT2D eigenvalue weighted by molar-refractivity contribution is 7.92. The van der Waals surface area contributed by atoms with Gasteiger partial charge in [0, 0.05) is 25.0 Å². The number of halogens is 1. The molecule has 0 radical (unpaired) electrons. The maximum absolute atomic E-state index is 12.6. The molecule has 1 aliphatic rings. The third kappa shape index (κ3) is 2.98. The zero-order valence-corrected chi connectivity index (χ0v) is 13.2. The lowest BCUT2D eigenvalue weighted by Gasteiger charge is -2.26. The third-order valence-electron chi connectivity index (χ3n) is 3.25. The van der Waals surface area contributed by atoms with Gasteiger partial charge in [0.1, 0.15) is 4.90 Å². The molecule has 6 nitrogen and oxygen atoms in total. The summed E-state index contributed by atoms with van der Waals surface area (Å²) in [5.41, 5.74) is 0. The number of hydrogen-bond acceptors (Lipinski definition) is 5. The van der Waals surface area contributed by atoms with Crippen LogP contribution in [-0.2, 0) is 19.9 Å². The van der Waals surface area contributed by atoms with Crippen LogP contribution in [0.3, 0.4) is 0 Å². The van der Waals surface area contributed by atoms with Crippen molar-refractivity contribution in [1.29, 1.82) is 0 Å². The molecule has 2 heterocycles. The van der Waals surface area contributed by atoms with Gasteiger partial charge < -0.3 is 0 Å². The molecule has 0 aliphatic carbocycles. The number of sulfonamides is 1. The van der Waals surface area contributed by atoms with Gasteiger partial charge in [-0.15, -0.1) is 0 Å². The van der Waals surface area contributed by atoms with Crippen molar-refractivity contribution in [2.75, 3.05) is 18.1 Å². The second kappa shape index (κ2) is 5.59. The lowest BCUT2D eigenvalue weighted by molar-refractivity contribution is 0.354. The Balaban J connectivity index is 2.39. The van der Waals surface area contributed by atoms with Crippen LogP contribution in [0.15, 0.2) is 23.4 Å². The summed E-state index contributed by atoms with van der Waals surface area (Å²) >= 11 is 5.91. The maximum atomic E-state index is 12.6. The number of rotatable bonds is 4. The molecule has 1 saturated heterocycles. The van der Waals surface area contributed by atoms with Crippen LogP contribution in [0, 0.1) is 0 Å². The van der Waals surface area contributed by atoms with E-state index in [9.17, 15) is 16.8 Å². The van der Waals surface area contributed by atoms with Gasteiger partial charge in [0.05, 0.1) is 16.5 Å². The molecule has 2 rings (SSSR count). The van der Waals surface area contributed by atoms with Gasteiger partial charge in [-0.25, -0.2) is 16.8 Å². The molecule has 1 aromatic heterocycles. The van der Waals surface area contributed by atoms with Crippen LogP contribution in [0.5, 0.6) is 0 Å². The first-order chi connectivity index (χ1) is 9.28. The van der Waals surface area contributed by atoms with Crippen molar-refractivity contribution in [3.63, 3.8) is 0 Å². The Morgan fingerprint density at radius 1 is 1.50 bits per heavy atom. The highest BCUT2D eigenvalue weighted by Crippen LogP contribution is 2.28. The van der Waals surface area contributed by atoms with Crippen molar-refractivity contribution in [2.24, 2.45) is 0 Å². The first-order valence-electron chi connectivity index (χ1n) is 6.09. The van der Waals surface area contributed by atoms with E-state index in [4.69, 9.17) is 11.6 Å². The van der Waals surface area contributed by atoms with E-state index in [1.165, 1.54) is 22.8 Å². The number of pyridine rings is 1. The molecule has 1 aromatic rings. The smallest absolute Gasteiger partial charge is 0.246 e. The molecule has 112 valence electrons. The van der Waals surface area contributed by atoms with E-state index in [0.717, 1.165) is 0 Å². The molecule has 0 spiro atoms. The molecule has 1 atom stereocenters. The Labute approximate surface area is 123 Å². The van der Waals surface area contributed by atoms with Crippen molar-refractivity contribution in [2.45, 2.75) is 24.3 Å². The highest BCUT2D eigenvalue weighted by atomic mass is 35.5. The lowest BCUT2D eigenvalue weighted by atomic mass is 10.3. The molecule has 0 aromatic carbocycles. The molecule has 0 N–H and O–H groups in total. The summed E-state index contributed by atoms with van der Waals surface area (Å²) in [5, 5.41) is 0.0827. The minimum Gasteiger partial charge on any atom is -0.263 e. The molecule has 9 heteroatoms. The summed E-state index contributed by atoms with van der Waals surface area (Å²) < 4.78 is 49.4. The van der Waals surface area contributed by atoms with Crippen molar-refractivity contribution < 1.29 is 16.8 Å². The molecule has 20 heavy (non-hydrogen) atoms. The average Bonchev–Trinajstić information content (AvgIpc) is 2.70. The van der Waals surface area contributed by atoms with Crippen LogP contribution in [0.4, 0.5) is 0 Å². The van der Waals surface area contributed by atoms with Crippen LogP contribution < -0.4 is 0 Å². The summed E-state index contributed by atoms with van der Waals surface area (Å²) in [4.78, 5) is 3.69. The topological polar surface area (TPSA) is 84.4 Å². The SMILES string of the molecule is CCN(C1CCS(=O)(=O)C1)S(=O)(=O)c1cnccc1Cl. The molecular formula is C11H15ClN2O4S2. The van der Waals surface area contributed by atoms with Crippen molar-refractivity contribution in [3.8, 4) is 0 Å². The summed E-state index contributed by atoms with van der Waals surface area (Å²) in [6, 6.07) is 0.861. The number of hydrogen-bond donors (Lipinski definition) is 0. The normalized spacial score (nSPS) is 22.2. The van der Waals surface area contributed by atoms with Gasteiger partial charge in [-0.05, 0) is 12.5 Å². The fraction of sp³-hybridized carbons (Fsp3) is 0.545. The Kier molecular flexibility index (Phi) is 4.38. The number of nitrogens with zero attached hydrogens (tertiary/aromatic N) is 2. The Hall–Kier alpha value is -0.700. The molecule has 0 amide bonds. The fourth-order valence-corrected chi connectivity index (χ4v) is 6.20. The quantitative estimate of drug-likeness (QED) is 0.815. The zero-order chi connectivity index (χ0) is 15.0. The average molecular weight is 339 g/mol. The van der Waals surface area contributed by atoms with E-state index in [0.29, 0.717) is 6.42 Å². The molecule has 0 saturated carbocycles. The summed E-state index contributed by atoms with van der Waals surface area (Å²) in [6.07, 6.45) is 2.90. The van der Waals surface area contributed by atoms with E-state index in [2.05, 4.69) is 4.98 Å². The van der Waals surface area contributed by atoms with E-state index < -0.39 is 25.9 Å². The van der Waals surface area contributed by atoms with Gasteiger partial charge in [0.15, 0.2) is 9.84 Å². The van der Waals surface area contributed by atoms with Gasteiger partial charge in [0.2, 0.25) is 10.0 Å². The Morgan fingerprint density at radius 3 is 2.70 bits per heavy atom. The third-order valence-corrected chi connectivity index (χ3v) is 7.50. The molecule has 1 aliphatic heterocycles. The van der Waals surface area contributed by atoms with Gasteiger partial charge in [-0.2, -0.15) is 4.31 Å². The number of aromatic nitrogens is 1. The standard InChI is InChI=1S/C11H15ClN2O4S2/c1-2-14(9-4-6-19(15,16)8-9)20(17,18)11-7-13-5-3-10(11)12/h3,5,7,9H,2,4,6,8H2,1H3.